The molecule has 0 saturated carbocycles. The quantitative estimate of drug-likeness (QED) is 0.525. The molecule has 2 rings (SSSR count). The molecule has 0 fully saturated rings. The lowest BCUT2D eigenvalue weighted by Crippen LogP contribution is -2.32. The number of ether oxygens (including phenoxy) is 2. The summed E-state index contributed by atoms with van der Waals surface area (Å²) in [7, 11) is 0. The van der Waals surface area contributed by atoms with Gasteiger partial charge in [-0.2, -0.15) is 0 Å². The molecule has 1 aromatic carbocycles. The van der Waals surface area contributed by atoms with Crippen molar-refractivity contribution in [3.8, 4) is 5.75 Å². The van der Waals surface area contributed by atoms with Crippen molar-refractivity contribution >= 4 is 39.9 Å². The first-order chi connectivity index (χ1) is 12.8. The Labute approximate surface area is 159 Å². The third-order valence-electron chi connectivity index (χ3n) is 3.46. The number of hydrogen-bond donors (Lipinski definition) is 2. The Bertz CT molecular complexity index is 859. The summed E-state index contributed by atoms with van der Waals surface area (Å²) in [6.07, 6.45) is -1.09. The lowest BCUT2D eigenvalue weighted by molar-refractivity contribution is -0.155. The second-order valence-electron chi connectivity index (χ2n) is 5.52. The second-order valence-corrected chi connectivity index (χ2v) is 6.43. The minimum absolute atomic E-state index is 0.0777. The van der Waals surface area contributed by atoms with Crippen molar-refractivity contribution in [1.82, 2.24) is 0 Å². The van der Waals surface area contributed by atoms with Crippen molar-refractivity contribution in [1.29, 1.82) is 0 Å². The number of hydrogen-bond acceptors (Lipinski definition) is 7. The minimum atomic E-state index is -1.09. The summed E-state index contributed by atoms with van der Waals surface area (Å²) >= 11 is 1.13. The van der Waals surface area contributed by atoms with Gasteiger partial charge in [0.1, 0.15) is 10.8 Å². The van der Waals surface area contributed by atoms with Crippen LogP contribution in [0.4, 0.5) is 5.00 Å². The van der Waals surface area contributed by atoms with Gasteiger partial charge >= 0.3 is 5.97 Å². The third-order valence-corrected chi connectivity index (χ3v) is 4.29. The van der Waals surface area contributed by atoms with E-state index in [0.717, 1.165) is 11.3 Å². The number of carbonyl (C=O) groups excluding carboxylic acids is 4. The Balaban J connectivity index is 1.83. The van der Waals surface area contributed by atoms with Crippen molar-refractivity contribution < 1.29 is 28.7 Å². The standard InChI is InChI=1S/C18H18N2O6S/c1-10(21)12-3-5-13(6-4-12)25-9-15(22)26-11(2)17(24)20-18-14(16(19)23)7-8-27-18/h3-8,11H,9H2,1-2H3,(H2,19,23)(H,20,24). The van der Waals surface area contributed by atoms with Crippen LogP contribution in [0.25, 0.3) is 0 Å². The van der Waals surface area contributed by atoms with E-state index in [2.05, 4.69) is 5.32 Å². The van der Waals surface area contributed by atoms with Crippen LogP contribution in [-0.4, -0.2) is 36.3 Å². The van der Waals surface area contributed by atoms with Crippen LogP contribution < -0.4 is 15.8 Å². The van der Waals surface area contributed by atoms with Gasteiger partial charge in [-0.25, -0.2) is 4.79 Å². The monoisotopic (exact) mass is 390 g/mol. The molecule has 1 heterocycles. The Morgan fingerprint density at radius 3 is 2.41 bits per heavy atom. The van der Waals surface area contributed by atoms with Gasteiger partial charge in [0.2, 0.25) is 0 Å². The summed E-state index contributed by atoms with van der Waals surface area (Å²) in [4.78, 5) is 46.4. The first kappa shape index (κ1) is 20.1. The maximum absolute atomic E-state index is 12.1. The van der Waals surface area contributed by atoms with Crippen molar-refractivity contribution in [2.75, 3.05) is 11.9 Å². The Morgan fingerprint density at radius 1 is 1.15 bits per heavy atom. The summed E-state index contributed by atoms with van der Waals surface area (Å²) in [6.45, 7) is 2.44. The van der Waals surface area contributed by atoms with Crippen molar-refractivity contribution in [2.24, 2.45) is 5.73 Å². The van der Waals surface area contributed by atoms with E-state index in [4.69, 9.17) is 15.2 Å². The highest BCUT2D eigenvalue weighted by molar-refractivity contribution is 7.14. The predicted molar refractivity (Wildman–Crippen MR) is 99.0 cm³/mol. The highest BCUT2D eigenvalue weighted by Crippen LogP contribution is 2.23. The zero-order chi connectivity index (χ0) is 20.0. The predicted octanol–water partition coefficient (Wildman–Crippen LogP) is 2.00. The zero-order valence-corrected chi connectivity index (χ0v) is 15.5. The molecule has 0 radical (unpaired) electrons. The van der Waals surface area contributed by atoms with Crippen LogP contribution >= 0.6 is 11.3 Å². The molecule has 0 bridgehead atoms. The first-order valence-corrected chi connectivity index (χ1v) is 8.77. The zero-order valence-electron chi connectivity index (χ0n) is 14.7. The van der Waals surface area contributed by atoms with Crippen molar-refractivity contribution in [3.63, 3.8) is 0 Å². The van der Waals surface area contributed by atoms with E-state index in [9.17, 15) is 19.2 Å². The van der Waals surface area contributed by atoms with Gasteiger partial charge in [-0.1, -0.05) is 0 Å². The molecule has 1 atom stereocenters. The Kier molecular flexibility index (Phi) is 6.67. The van der Waals surface area contributed by atoms with Crippen LogP contribution in [0.15, 0.2) is 35.7 Å². The van der Waals surface area contributed by atoms with Gasteiger partial charge in [0.25, 0.3) is 11.8 Å². The number of nitrogens with one attached hydrogen (secondary N) is 1. The van der Waals surface area contributed by atoms with Crippen LogP contribution in [-0.2, 0) is 14.3 Å². The van der Waals surface area contributed by atoms with Gasteiger partial charge in [0.05, 0.1) is 5.56 Å². The topological polar surface area (TPSA) is 125 Å². The number of Topliss-reactive ketones (excluding diaryl/α,β-unsaturated/α-hetero) is 1. The van der Waals surface area contributed by atoms with E-state index in [1.54, 1.807) is 29.6 Å². The molecule has 0 spiro atoms. The Morgan fingerprint density at radius 2 is 1.81 bits per heavy atom. The lowest BCUT2D eigenvalue weighted by Gasteiger charge is -2.13. The molecule has 9 heteroatoms. The number of rotatable bonds is 8. The normalized spacial score (nSPS) is 11.3. The SMILES string of the molecule is CC(=O)c1ccc(OCC(=O)OC(C)C(=O)Nc2sccc2C(N)=O)cc1. The Hall–Kier alpha value is -3.20. The number of ketones is 1. The maximum atomic E-state index is 12.1. The molecule has 27 heavy (non-hydrogen) atoms. The number of benzene rings is 1. The number of carbonyl (C=O) groups is 4. The molecule has 1 aromatic heterocycles. The molecule has 142 valence electrons. The molecule has 2 amide bonds. The van der Waals surface area contributed by atoms with Gasteiger partial charge in [0, 0.05) is 5.56 Å². The molecule has 1 unspecified atom stereocenters. The van der Waals surface area contributed by atoms with Gasteiger partial charge in [-0.15, -0.1) is 11.3 Å². The lowest BCUT2D eigenvalue weighted by atomic mass is 10.1. The van der Waals surface area contributed by atoms with Crippen LogP contribution in [0.2, 0.25) is 0 Å². The van der Waals surface area contributed by atoms with Crippen LogP contribution in [0.1, 0.15) is 34.6 Å². The van der Waals surface area contributed by atoms with Gasteiger partial charge in [0.15, 0.2) is 18.5 Å². The van der Waals surface area contributed by atoms with E-state index in [1.807, 2.05) is 0 Å². The highest BCUT2D eigenvalue weighted by atomic mass is 32.1. The van der Waals surface area contributed by atoms with Gasteiger partial charge < -0.3 is 20.5 Å². The second kappa shape index (κ2) is 8.95. The fraction of sp³-hybridized carbons (Fsp3) is 0.222. The fourth-order valence-electron chi connectivity index (χ4n) is 2.03. The number of nitrogens with two attached hydrogens (primary N) is 1. The molecule has 8 nitrogen and oxygen atoms in total. The number of esters is 1. The number of thiophene rings is 1. The number of primary amides is 1. The largest absolute Gasteiger partial charge is 0.482 e. The van der Waals surface area contributed by atoms with Crippen LogP contribution in [0, 0.1) is 0 Å². The average Bonchev–Trinajstić information content (AvgIpc) is 3.08. The number of anilines is 1. The van der Waals surface area contributed by atoms with Crippen LogP contribution in [0.3, 0.4) is 0 Å². The average molecular weight is 390 g/mol. The van der Waals surface area contributed by atoms with E-state index in [0.29, 0.717) is 11.3 Å². The molecule has 3 N–H and O–H groups in total. The van der Waals surface area contributed by atoms with E-state index < -0.39 is 30.5 Å². The fourth-order valence-corrected chi connectivity index (χ4v) is 2.82. The van der Waals surface area contributed by atoms with Crippen molar-refractivity contribution in [3.05, 3.63) is 46.8 Å². The van der Waals surface area contributed by atoms with Crippen molar-refractivity contribution in [2.45, 2.75) is 20.0 Å². The van der Waals surface area contributed by atoms with E-state index >= 15 is 0 Å². The molecule has 0 aliphatic heterocycles. The van der Waals surface area contributed by atoms with Gasteiger partial charge in [-0.3, -0.25) is 14.4 Å². The minimum Gasteiger partial charge on any atom is -0.482 e. The molecule has 0 saturated heterocycles. The maximum Gasteiger partial charge on any atom is 0.344 e. The highest BCUT2D eigenvalue weighted by Gasteiger charge is 2.21. The summed E-state index contributed by atoms with van der Waals surface area (Å²) in [5.74, 6) is -1.70. The summed E-state index contributed by atoms with van der Waals surface area (Å²) in [6, 6.07) is 7.77. The smallest absolute Gasteiger partial charge is 0.344 e. The third kappa shape index (κ3) is 5.65. The molecule has 0 aliphatic rings. The molecular weight excluding hydrogens is 372 g/mol. The summed E-state index contributed by atoms with van der Waals surface area (Å²) in [5, 5.41) is 4.39. The molecular formula is C18H18N2O6S. The van der Waals surface area contributed by atoms with E-state index in [1.165, 1.54) is 19.9 Å². The first-order valence-electron chi connectivity index (χ1n) is 7.89. The van der Waals surface area contributed by atoms with E-state index in [-0.39, 0.29) is 16.3 Å². The molecule has 0 aliphatic carbocycles. The summed E-state index contributed by atoms with van der Waals surface area (Å²) in [5.41, 5.74) is 5.92. The summed E-state index contributed by atoms with van der Waals surface area (Å²) < 4.78 is 10.3. The molecule has 2 aromatic rings. The van der Waals surface area contributed by atoms with Crippen LogP contribution in [0.5, 0.6) is 5.75 Å². The van der Waals surface area contributed by atoms with Gasteiger partial charge in [-0.05, 0) is 49.6 Å². The number of amides is 2.